The highest BCUT2D eigenvalue weighted by atomic mass is 19.1. The molecule has 1 fully saturated rings. The van der Waals surface area contributed by atoms with Crippen LogP contribution in [0.4, 0.5) is 9.18 Å². The Labute approximate surface area is 243 Å². The average Bonchev–Trinajstić information content (AvgIpc) is 3.29. The molecule has 0 spiro atoms. The molecule has 42 heavy (non-hydrogen) atoms. The maximum Gasteiger partial charge on any atom is 0.412 e. The number of halogens is 1. The first-order valence-electron chi connectivity index (χ1n) is 14.1. The van der Waals surface area contributed by atoms with E-state index in [9.17, 15) is 18.8 Å². The van der Waals surface area contributed by atoms with E-state index in [1.54, 1.807) is 19.1 Å². The van der Waals surface area contributed by atoms with Crippen molar-refractivity contribution in [1.82, 2.24) is 25.8 Å². The number of aromatic nitrogens is 1. The third-order valence-corrected chi connectivity index (χ3v) is 7.54. The van der Waals surface area contributed by atoms with Gasteiger partial charge in [0.05, 0.1) is 17.9 Å². The van der Waals surface area contributed by atoms with Gasteiger partial charge in [0.25, 0.3) is 5.91 Å². The van der Waals surface area contributed by atoms with Crippen LogP contribution < -0.4 is 20.7 Å². The van der Waals surface area contributed by atoms with Crippen molar-refractivity contribution in [3.05, 3.63) is 71.3 Å². The van der Waals surface area contributed by atoms with E-state index in [4.69, 9.17) is 9.47 Å². The van der Waals surface area contributed by atoms with Crippen molar-refractivity contribution >= 4 is 34.4 Å². The van der Waals surface area contributed by atoms with Gasteiger partial charge in [-0.15, -0.1) is 0 Å². The molecule has 0 radical (unpaired) electrons. The highest BCUT2D eigenvalue weighted by Gasteiger charge is 2.37. The minimum atomic E-state index is -0.619. The summed E-state index contributed by atoms with van der Waals surface area (Å²) in [6.07, 6.45) is 0.928. The number of carbonyl (C=O) groups excluding carboxylic acids is 3. The third-order valence-electron chi connectivity index (χ3n) is 7.54. The first-order valence-corrected chi connectivity index (χ1v) is 14.1. The summed E-state index contributed by atoms with van der Waals surface area (Å²) in [4.78, 5) is 44.0. The fourth-order valence-electron chi connectivity index (χ4n) is 5.49. The maximum absolute atomic E-state index is 13.5. The summed E-state index contributed by atoms with van der Waals surface area (Å²) in [7, 11) is 0. The summed E-state index contributed by atoms with van der Waals surface area (Å²) >= 11 is 0. The molecule has 2 aromatic carbocycles. The fraction of sp³-hybridized carbons (Fsp3) is 0.387. The molecule has 0 aliphatic carbocycles. The van der Waals surface area contributed by atoms with Crippen LogP contribution in [-0.2, 0) is 14.9 Å². The molecule has 1 saturated heterocycles. The van der Waals surface area contributed by atoms with E-state index in [2.05, 4.69) is 27.9 Å². The number of benzene rings is 2. The van der Waals surface area contributed by atoms with Gasteiger partial charge in [-0.1, -0.05) is 13.8 Å². The van der Waals surface area contributed by atoms with E-state index in [-0.39, 0.29) is 30.7 Å². The first-order chi connectivity index (χ1) is 20.1. The summed E-state index contributed by atoms with van der Waals surface area (Å²) in [6.45, 7) is 10.2. The Bertz CT molecular complexity index is 1520. The van der Waals surface area contributed by atoms with Crippen molar-refractivity contribution in [3.8, 4) is 5.75 Å². The number of hydrogen-bond acceptors (Lipinski definition) is 7. The van der Waals surface area contributed by atoms with E-state index in [0.29, 0.717) is 35.1 Å². The van der Waals surface area contributed by atoms with Crippen molar-refractivity contribution in [2.24, 2.45) is 0 Å². The number of nitrogens with one attached hydrogen (secondary N) is 4. The number of nitrogens with zero attached hydrogens (tertiary/aromatic N) is 1. The van der Waals surface area contributed by atoms with Crippen LogP contribution in [0.15, 0.2) is 48.7 Å². The second-order valence-electron chi connectivity index (χ2n) is 11.4. The minimum Gasteiger partial charge on any atom is -0.462 e. The number of H-pyrrole nitrogens is 1. The zero-order valence-electron chi connectivity index (χ0n) is 24.2. The summed E-state index contributed by atoms with van der Waals surface area (Å²) in [5.41, 5.74) is 1.88. The molecule has 10 nitrogen and oxygen atoms in total. The summed E-state index contributed by atoms with van der Waals surface area (Å²) < 4.78 is 24.4. The van der Waals surface area contributed by atoms with Gasteiger partial charge in [0.1, 0.15) is 11.6 Å². The molecule has 11 heteroatoms. The van der Waals surface area contributed by atoms with E-state index in [1.165, 1.54) is 35.4 Å². The third kappa shape index (κ3) is 6.17. The molecule has 1 aromatic heterocycles. The van der Waals surface area contributed by atoms with Crippen molar-refractivity contribution in [2.45, 2.75) is 45.2 Å². The normalized spacial score (nSPS) is 19.8. The van der Waals surface area contributed by atoms with Gasteiger partial charge in [-0.05, 0) is 55.8 Å². The second-order valence-corrected chi connectivity index (χ2v) is 11.4. The van der Waals surface area contributed by atoms with Crippen LogP contribution in [0.3, 0.4) is 0 Å². The lowest BCUT2D eigenvalue weighted by Gasteiger charge is -2.29. The summed E-state index contributed by atoms with van der Waals surface area (Å²) in [6, 6.07) is 11.0. The Morgan fingerprint density at radius 3 is 2.55 bits per heavy atom. The van der Waals surface area contributed by atoms with Gasteiger partial charge >= 0.3 is 12.1 Å². The zero-order valence-corrected chi connectivity index (χ0v) is 24.2. The lowest BCUT2D eigenvalue weighted by molar-refractivity contribution is -0.136. The number of aromatic amines is 1. The first kappa shape index (κ1) is 29.3. The largest absolute Gasteiger partial charge is 0.462 e. The Hall–Kier alpha value is -4.22. The van der Waals surface area contributed by atoms with Crippen molar-refractivity contribution < 1.29 is 28.2 Å². The van der Waals surface area contributed by atoms with Gasteiger partial charge in [0.15, 0.2) is 0 Å². The number of amides is 2. The molecule has 0 bridgehead atoms. The van der Waals surface area contributed by atoms with E-state index in [0.717, 1.165) is 24.0 Å². The molecular formula is C31H36FN5O5. The SMILES string of the molecule is CCOC(=O)C1=CN(C(=O)c2ccc(F)cc2)CC(C)(C)c2c1[nH]c1cc(OC(=O)NCC3CNC(C)CN3)ccc21. The molecule has 2 aliphatic heterocycles. The van der Waals surface area contributed by atoms with Crippen LogP contribution in [0.5, 0.6) is 5.75 Å². The van der Waals surface area contributed by atoms with Gasteiger partial charge in [-0.2, -0.15) is 0 Å². The molecule has 3 heterocycles. The highest BCUT2D eigenvalue weighted by Crippen LogP contribution is 2.41. The van der Waals surface area contributed by atoms with E-state index in [1.807, 2.05) is 19.9 Å². The van der Waals surface area contributed by atoms with Crippen LogP contribution in [0.2, 0.25) is 0 Å². The van der Waals surface area contributed by atoms with E-state index >= 15 is 0 Å². The van der Waals surface area contributed by atoms with Crippen molar-refractivity contribution in [3.63, 3.8) is 0 Å². The molecular weight excluding hydrogens is 541 g/mol. The minimum absolute atomic E-state index is 0.111. The van der Waals surface area contributed by atoms with Crippen LogP contribution in [0.25, 0.3) is 16.5 Å². The molecule has 5 rings (SSSR count). The Balaban J connectivity index is 1.44. The van der Waals surface area contributed by atoms with Gasteiger partial charge < -0.3 is 35.3 Å². The predicted octanol–water partition coefficient (Wildman–Crippen LogP) is 3.68. The summed E-state index contributed by atoms with van der Waals surface area (Å²) in [5, 5.41) is 10.4. The topological polar surface area (TPSA) is 125 Å². The van der Waals surface area contributed by atoms with Gasteiger partial charge in [0, 0.05) is 72.4 Å². The highest BCUT2D eigenvalue weighted by molar-refractivity contribution is 6.18. The van der Waals surface area contributed by atoms with Crippen LogP contribution >= 0.6 is 0 Å². The Kier molecular flexibility index (Phi) is 8.33. The lowest BCUT2D eigenvalue weighted by atomic mass is 9.81. The quantitative estimate of drug-likeness (QED) is 0.330. The average molecular weight is 578 g/mol. The number of hydrogen-bond donors (Lipinski definition) is 4. The maximum atomic E-state index is 13.5. The number of fused-ring (bicyclic) bond motifs is 3. The number of rotatable bonds is 6. The van der Waals surface area contributed by atoms with Crippen molar-refractivity contribution in [2.75, 3.05) is 32.8 Å². The fourth-order valence-corrected chi connectivity index (χ4v) is 5.49. The summed E-state index contributed by atoms with van der Waals surface area (Å²) in [5.74, 6) is -1.06. The van der Waals surface area contributed by atoms with Crippen LogP contribution in [0.1, 0.15) is 49.3 Å². The zero-order chi connectivity index (χ0) is 30.0. The molecule has 2 atom stereocenters. The Morgan fingerprint density at radius 1 is 1.10 bits per heavy atom. The molecule has 4 N–H and O–H groups in total. The van der Waals surface area contributed by atoms with Gasteiger partial charge in [-0.25, -0.2) is 14.0 Å². The molecule has 222 valence electrons. The molecule has 2 unspecified atom stereocenters. The van der Waals surface area contributed by atoms with Gasteiger partial charge in [-0.3, -0.25) is 4.79 Å². The lowest BCUT2D eigenvalue weighted by Crippen LogP contribution is -2.57. The number of carbonyl (C=O) groups is 3. The second kappa shape index (κ2) is 11.9. The number of ether oxygens (including phenoxy) is 2. The molecule has 0 saturated carbocycles. The van der Waals surface area contributed by atoms with Crippen molar-refractivity contribution in [1.29, 1.82) is 0 Å². The van der Waals surface area contributed by atoms with E-state index < -0.39 is 23.3 Å². The molecule has 2 aliphatic rings. The number of esters is 1. The molecule has 2 amide bonds. The van der Waals surface area contributed by atoms with Crippen LogP contribution in [0, 0.1) is 5.82 Å². The smallest absolute Gasteiger partial charge is 0.412 e. The monoisotopic (exact) mass is 577 g/mol. The van der Waals surface area contributed by atoms with Gasteiger partial charge in [0.2, 0.25) is 0 Å². The number of piperazine rings is 1. The standard InChI is InChI=1S/C31H36FN5O5/c1-5-41-29(39)24-16-37(28(38)19-6-8-20(32)9-7-19)17-31(3,4)26-23-11-10-22(12-25(23)36-27(24)26)42-30(40)35-15-21-14-33-18(2)13-34-21/h6-12,16,18,21,33-34,36H,5,13-15,17H2,1-4H3,(H,35,40). The Morgan fingerprint density at radius 2 is 1.86 bits per heavy atom. The molecule has 3 aromatic rings. The van der Waals surface area contributed by atoms with Crippen LogP contribution in [-0.4, -0.2) is 72.7 Å². The predicted molar refractivity (Wildman–Crippen MR) is 157 cm³/mol.